The topological polar surface area (TPSA) is 68.3 Å². The van der Waals surface area contributed by atoms with Crippen molar-refractivity contribution in [3.05, 3.63) is 53.7 Å². The maximum Gasteiger partial charge on any atom is 0.416 e. The van der Waals surface area contributed by atoms with Crippen LogP contribution < -0.4 is 9.46 Å². The summed E-state index contributed by atoms with van der Waals surface area (Å²) < 4.78 is 69.2. The van der Waals surface area contributed by atoms with Gasteiger partial charge in [0.2, 0.25) is 15.9 Å². The van der Waals surface area contributed by atoms with Crippen molar-refractivity contribution < 1.29 is 26.3 Å². The van der Waals surface area contributed by atoms with Crippen LogP contribution in [0, 0.1) is 0 Å². The fourth-order valence-electron chi connectivity index (χ4n) is 1.74. The van der Waals surface area contributed by atoms with E-state index in [0.29, 0.717) is 17.5 Å². The molecule has 2 aromatic rings. The summed E-state index contributed by atoms with van der Waals surface area (Å²) in [6, 6.07) is 6.70. The number of alkyl halides is 3. The zero-order valence-corrected chi connectivity index (χ0v) is 12.8. The number of benzene rings is 1. The molecule has 0 aliphatic carbocycles. The zero-order valence-electron chi connectivity index (χ0n) is 12.0. The van der Waals surface area contributed by atoms with E-state index in [1.807, 2.05) is 0 Å². The lowest BCUT2D eigenvalue weighted by Crippen LogP contribution is -2.23. The van der Waals surface area contributed by atoms with E-state index in [1.54, 1.807) is 12.1 Å². The zero-order chi connectivity index (χ0) is 17.1. The van der Waals surface area contributed by atoms with Crippen LogP contribution >= 0.6 is 0 Å². The molecular formula is C14H13F3N2O3S. The Balaban J connectivity index is 2.15. The lowest BCUT2D eigenvalue weighted by molar-refractivity contribution is -0.137. The first kappa shape index (κ1) is 17.2. The smallest absolute Gasteiger partial charge is 0.416 e. The second-order valence-electron chi connectivity index (χ2n) is 4.56. The summed E-state index contributed by atoms with van der Waals surface area (Å²) in [6.45, 7) is -0.102. The van der Waals surface area contributed by atoms with Gasteiger partial charge < -0.3 is 4.74 Å². The summed E-state index contributed by atoms with van der Waals surface area (Å²) in [4.78, 5) is 3.46. The molecule has 0 radical (unpaired) electrons. The molecule has 1 aromatic carbocycles. The van der Waals surface area contributed by atoms with Crippen molar-refractivity contribution in [3.63, 3.8) is 0 Å². The molecule has 124 valence electrons. The Hall–Kier alpha value is -2.13. The van der Waals surface area contributed by atoms with Crippen LogP contribution in [0.4, 0.5) is 13.2 Å². The van der Waals surface area contributed by atoms with E-state index in [4.69, 9.17) is 4.74 Å². The third-order valence-electron chi connectivity index (χ3n) is 2.94. The molecule has 0 amide bonds. The summed E-state index contributed by atoms with van der Waals surface area (Å²) >= 11 is 0. The molecule has 1 heterocycles. The van der Waals surface area contributed by atoms with Crippen molar-refractivity contribution in [1.29, 1.82) is 0 Å². The highest BCUT2D eigenvalue weighted by molar-refractivity contribution is 7.89. The van der Waals surface area contributed by atoms with E-state index >= 15 is 0 Å². The number of nitrogens with zero attached hydrogens (tertiary/aromatic N) is 1. The molecule has 0 fully saturated rings. The number of nitrogens with one attached hydrogen (secondary N) is 1. The number of pyridine rings is 1. The number of sulfonamides is 1. The standard InChI is InChI=1S/C14H13F3N2O3S/c1-22-13-6-5-10(8-18-13)9-19-23(20,21)12-4-2-3-11(7-12)14(15,16)17/h2-8,19H,9H2,1H3. The van der Waals surface area contributed by atoms with Gasteiger partial charge in [-0.05, 0) is 23.8 Å². The van der Waals surface area contributed by atoms with Gasteiger partial charge in [0.25, 0.3) is 0 Å². The van der Waals surface area contributed by atoms with Gasteiger partial charge in [0.05, 0.1) is 17.6 Å². The lowest BCUT2D eigenvalue weighted by Gasteiger charge is -2.10. The van der Waals surface area contributed by atoms with Crippen molar-refractivity contribution in [2.75, 3.05) is 7.11 Å². The minimum Gasteiger partial charge on any atom is -0.481 e. The number of hydrogen-bond acceptors (Lipinski definition) is 4. The molecule has 0 bridgehead atoms. The number of rotatable bonds is 5. The van der Waals surface area contributed by atoms with Gasteiger partial charge in [-0.3, -0.25) is 0 Å². The maximum absolute atomic E-state index is 12.6. The number of halogens is 3. The minimum absolute atomic E-state index is 0.102. The summed E-state index contributed by atoms with van der Waals surface area (Å²) in [6.07, 6.45) is -3.20. The van der Waals surface area contributed by atoms with E-state index < -0.39 is 26.7 Å². The molecule has 0 spiro atoms. The van der Waals surface area contributed by atoms with Crippen molar-refractivity contribution in [2.45, 2.75) is 17.6 Å². The van der Waals surface area contributed by atoms with E-state index in [9.17, 15) is 21.6 Å². The van der Waals surface area contributed by atoms with Crippen molar-refractivity contribution in [3.8, 4) is 5.88 Å². The Morgan fingerprint density at radius 1 is 1.22 bits per heavy atom. The fraction of sp³-hybridized carbons (Fsp3) is 0.214. The van der Waals surface area contributed by atoms with Crippen LogP contribution in [0.1, 0.15) is 11.1 Å². The third-order valence-corrected chi connectivity index (χ3v) is 4.34. The first-order valence-corrected chi connectivity index (χ1v) is 7.86. The van der Waals surface area contributed by atoms with E-state index in [2.05, 4.69) is 9.71 Å². The first-order chi connectivity index (χ1) is 10.7. The van der Waals surface area contributed by atoms with Gasteiger partial charge in [-0.15, -0.1) is 0 Å². The average Bonchev–Trinajstić information content (AvgIpc) is 2.53. The Morgan fingerprint density at radius 2 is 1.96 bits per heavy atom. The monoisotopic (exact) mass is 346 g/mol. The van der Waals surface area contributed by atoms with Gasteiger partial charge in [-0.25, -0.2) is 18.1 Å². The summed E-state index contributed by atoms with van der Waals surface area (Å²) in [5.74, 6) is 0.370. The highest BCUT2D eigenvalue weighted by atomic mass is 32.2. The minimum atomic E-state index is -4.61. The van der Waals surface area contributed by atoms with Crippen LogP contribution in [0.15, 0.2) is 47.5 Å². The largest absolute Gasteiger partial charge is 0.481 e. The Kier molecular flexibility index (Phi) is 4.90. The number of ether oxygens (including phenoxy) is 1. The second kappa shape index (κ2) is 6.55. The molecule has 0 unspecified atom stereocenters. The number of methoxy groups -OCH3 is 1. The molecule has 9 heteroatoms. The van der Waals surface area contributed by atoms with E-state index in [-0.39, 0.29) is 6.54 Å². The van der Waals surface area contributed by atoms with Gasteiger partial charge in [-0.2, -0.15) is 13.2 Å². The van der Waals surface area contributed by atoms with Crippen LogP contribution in [-0.2, 0) is 22.7 Å². The molecule has 5 nitrogen and oxygen atoms in total. The van der Waals surface area contributed by atoms with Crippen molar-refractivity contribution in [2.24, 2.45) is 0 Å². The van der Waals surface area contributed by atoms with Gasteiger partial charge in [0, 0.05) is 18.8 Å². The van der Waals surface area contributed by atoms with Crippen LogP contribution in [0.5, 0.6) is 5.88 Å². The average molecular weight is 346 g/mol. The van der Waals surface area contributed by atoms with Crippen LogP contribution in [0.3, 0.4) is 0 Å². The predicted molar refractivity (Wildman–Crippen MR) is 76.3 cm³/mol. The normalized spacial score (nSPS) is 12.2. The molecule has 0 saturated carbocycles. The molecule has 1 aromatic heterocycles. The molecule has 2 rings (SSSR count). The Morgan fingerprint density at radius 3 is 2.52 bits per heavy atom. The third kappa shape index (κ3) is 4.42. The van der Waals surface area contributed by atoms with Crippen LogP contribution in [0.25, 0.3) is 0 Å². The highest BCUT2D eigenvalue weighted by Gasteiger charge is 2.31. The Labute approximate surface area is 131 Å². The summed E-state index contributed by atoms with van der Waals surface area (Å²) in [5.41, 5.74) is -0.479. The van der Waals surface area contributed by atoms with Crippen LogP contribution in [0.2, 0.25) is 0 Å². The van der Waals surface area contributed by atoms with Gasteiger partial charge in [0.1, 0.15) is 0 Å². The summed E-state index contributed by atoms with van der Waals surface area (Å²) in [7, 11) is -2.62. The van der Waals surface area contributed by atoms with Crippen LogP contribution in [-0.4, -0.2) is 20.5 Å². The number of aromatic nitrogens is 1. The SMILES string of the molecule is COc1ccc(CNS(=O)(=O)c2cccc(C(F)(F)F)c2)cn1. The fourth-order valence-corrected chi connectivity index (χ4v) is 2.80. The molecule has 1 N–H and O–H groups in total. The number of hydrogen-bond donors (Lipinski definition) is 1. The summed E-state index contributed by atoms with van der Waals surface area (Å²) in [5, 5.41) is 0. The molecule has 0 aliphatic heterocycles. The van der Waals surface area contributed by atoms with Gasteiger partial charge in [0.15, 0.2) is 0 Å². The molecule has 0 aliphatic rings. The van der Waals surface area contributed by atoms with Crippen molar-refractivity contribution >= 4 is 10.0 Å². The predicted octanol–water partition coefficient (Wildman–Crippen LogP) is 2.59. The quantitative estimate of drug-likeness (QED) is 0.904. The Bertz CT molecular complexity index is 775. The molecular weight excluding hydrogens is 333 g/mol. The first-order valence-electron chi connectivity index (χ1n) is 6.38. The second-order valence-corrected chi connectivity index (χ2v) is 6.33. The highest BCUT2D eigenvalue weighted by Crippen LogP contribution is 2.30. The van der Waals surface area contributed by atoms with E-state index in [0.717, 1.165) is 18.2 Å². The lowest BCUT2D eigenvalue weighted by atomic mass is 10.2. The molecule has 23 heavy (non-hydrogen) atoms. The van der Waals surface area contributed by atoms with Gasteiger partial charge >= 0.3 is 6.18 Å². The maximum atomic E-state index is 12.6. The van der Waals surface area contributed by atoms with Gasteiger partial charge in [-0.1, -0.05) is 12.1 Å². The van der Waals surface area contributed by atoms with E-state index in [1.165, 1.54) is 13.3 Å². The molecule has 0 saturated heterocycles. The van der Waals surface area contributed by atoms with Crippen molar-refractivity contribution in [1.82, 2.24) is 9.71 Å². The molecule has 0 atom stereocenters.